The zero-order chi connectivity index (χ0) is 20.9. The molecule has 7 nitrogen and oxygen atoms in total. The van der Waals surface area contributed by atoms with Crippen LogP contribution in [0.2, 0.25) is 0 Å². The highest BCUT2D eigenvalue weighted by Crippen LogP contribution is 2.32. The Labute approximate surface area is 165 Å². The molecule has 0 spiro atoms. The molecule has 1 amide bonds. The van der Waals surface area contributed by atoms with Crippen LogP contribution in [0.3, 0.4) is 0 Å². The maximum atomic E-state index is 13.3. The van der Waals surface area contributed by atoms with E-state index in [4.69, 9.17) is 14.6 Å². The summed E-state index contributed by atoms with van der Waals surface area (Å²) in [5, 5.41) is 12.6. The van der Waals surface area contributed by atoms with Gasteiger partial charge in [0.15, 0.2) is 0 Å². The SMILES string of the molecule is CCCCOc1c(CNC(=O)O)n(CC(C)(C)C)c(=O)c2cc(OC)ccc12. The van der Waals surface area contributed by atoms with Gasteiger partial charge in [0.25, 0.3) is 5.56 Å². The van der Waals surface area contributed by atoms with Crippen molar-refractivity contribution in [2.75, 3.05) is 13.7 Å². The van der Waals surface area contributed by atoms with Crippen LogP contribution in [0.4, 0.5) is 4.79 Å². The van der Waals surface area contributed by atoms with Crippen molar-refractivity contribution in [3.8, 4) is 11.5 Å². The summed E-state index contributed by atoms with van der Waals surface area (Å²) in [6.07, 6.45) is 0.682. The van der Waals surface area contributed by atoms with Gasteiger partial charge in [-0.2, -0.15) is 0 Å². The predicted octanol–water partition coefficient (Wildman–Crippen LogP) is 4.00. The number of hydrogen-bond donors (Lipinski definition) is 2. The first-order chi connectivity index (χ1) is 13.2. The van der Waals surface area contributed by atoms with E-state index >= 15 is 0 Å². The highest BCUT2D eigenvalue weighted by Gasteiger charge is 2.22. The Morgan fingerprint density at radius 1 is 1.25 bits per heavy atom. The third kappa shape index (κ3) is 5.18. The van der Waals surface area contributed by atoms with E-state index in [1.165, 1.54) is 0 Å². The lowest BCUT2D eigenvalue weighted by atomic mass is 9.96. The average molecular weight is 390 g/mol. The number of carboxylic acid groups (broad SMARTS) is 1. The third-order valence-electron chi connectivity index (χ3n) is 4.32. The second kappa shape index (κ2) is 8.99. The van der Waals surface area contributed by atoms with E-state index in [-0.39, 0.29) is 17.5 Å². The van der Waals surface area contributed by atoms with Gasteiger partial charge in [-0.3, -0.25) is 4.79 Å². The normalized spacial score (nSPS) is 11.5. The van der Waals surface area contributed by atoms with E-state index < -0.39 is 6.09 Å². The van der Waals surface area contributed by atoms with Crippen LogP contribution in [0.5, 0.6) is 11.5 Å². The molecule has 0 saturated heterocycles. The first-order valence-corrected chi connectivity index (χ1v) is 9.51. The zero-order valence-electron chi connectivity index (χ0n) is 17.3. The molecule has 0 saturated carbocycles. The molecule has 1 heterocycles. The number of benzene rings is 1. The Morgan fingerprint density at radius 3 is 2.54 bits per heavy atom. The summed E-state index contributed by atoms with van der Waals surface area (Å²) in [5.41, 5.74) is 0.166. The van der Waals surface area contributed by atoms with E-state index in [0.717, 1.165) is 12.8 Å². The van der Waals surface area contributed by atoms with Gasteiger partial charge in [0, 0.05) is 11.9 Å². The van der Waals surface area contributed by atoms with Gasteiger partial charge in [-0.15, -0.1) is 0 Å². The van der Waals surface area contributed by atoms with Crippen molar-refractivity contribution in [1.29, 1.82) is 0 Å². The molecule has 0 aliphatic heterocycles. The predicted molar refractivity (Wildman–Crippen MR) is 109 cm³/mol. The van der Waals surface area contributed by atoms with Crippen molar-refractivity contribution in [3.05, 3.63) is 34.2 Å². The number of carbonyl (C=O) groups is 1. The maximum Gasteiger partial charge on any atom is 0.404 e. The lowest BCUT2D eigenvalue weighted by molar-refractivity contribution is 0.193. The summed E-state index contributed by atoms with van der Waals surface area (Å²) in [7, 11) is 1.55. The summed E-state index contributed by atoms with van der Waals surface area (Å²) in [6, 6.07) is 5.28. The molecule has 7 heteroatoms. The zero-order valence-corrected chi connectivity index (χ0v) is 17.3. The number of aromatic nitrogens is 1. The Kier molecular flexibility index (Phi) is 6.94. The van der Waals surface area contributed by atoms with Crippen LogP contribution in [-0.2, 0) is 13.1 Å². The number of nitrogens with one attached hydrogen (secondary N) is 1. The quantitative estimate of drug-likeness (QED) is 0.665. The summed E-state index contributed by atoms with van der Waals surface area (Å²) in [6.45, 7) is 9.07. The lowest BCUT2D eigenvalue weighted by Gasteiger charge is -2.25. The molecule has 0 radical (unpaired) electrons. The molecule has 0 aliphatic rings. The molecular weight excluding hydrogens is 360 g/mol. The number of amides is 1. The summed E-state index contributed by atoms with van der Waals surface area (Å²) < 4.78 is 13.0. The topological polar surface area (TPSA) is 89.8 Å². The van der Waals surface area contributed by atoms with Crippen LogP contribution in [0.25, 0.3) is 10.8 Å². The Balaban J connectivity index is 2.77. The standard InChI is InChI=1S/C21H30N2O5/c1-6-7-10-28-18-15-9-8-14(27-5)11-16(15)19(24)23(13-21(2,3)4)17(18)12-22-20(25)26/h8-9,11,22H,6-7,10,12-13H2,1-5H3,(H,25,26). The van der Waals surface area contributed by atoms with Gasteiger partial charge in [-0.1, -0.05) is 34.1 Å². The number of fused-ring (bicyclic) bond motifs is 1. The molecule has 0 aliphatic carbocycles. The molecule has 2 aromatic rings. The number of pyridine rings is 1. The Hall–Kier alpha value is -2.70. The fraction of sp³-hybridized carbons (Fsp3) is 0.524. The van der Waals surface area contributed by atoms with Gasteiger partial charge in [0.2, 0.25) is 0 Å². The van der Waals surface area contributed by atoms with E-state index in [1.54, 1.807) is 29.9 Å². The molecular formula is C21H30N2O5. The van der Waals surface area contributed by atoms with E-state index in [9.17, 15) is 9.59 Å². The summed E-state index contributed by atoms with van der Waals surface area (Å²) >= 11 is 0. The minimum absolute atomic E-state index is 0.00984. The first kappa shape index (κ1) is 21.6. The van der Waals surface area contributed by atoms with Crippen molar-refractivity contribution in [2.24, 2.45) is 5.41 Å². The molecule has 2 N–H and O–H groups in total. The van der Waals surface area contributed by atoms with Crippen molar-refractivity contribution in [1.82, 2.24) is 9.88 Å². The molecule has 1 aromatic carbocycles. The minimum Gasteiger partial charge on any atom is -0.497 e. The molecule has 1 aromatic heterocycles. The highest BCUT2D eigenvalue weighted by molar-refractivity contribution is 5.89. The number of rotatable bonds is 8. The summed E-state index contributed by atoms with van der Waals surface area (Å²) in [4.78, 5) is 24.4. The smallest absolute Gasteiger partial charge is 0.404 e. The molecule has 0 bridgehead atoms. The van der Waals surface area contributed by atoms with Gasteiger partial charge in [-0.05, 0) is 30.0 Å². The highest BCUT2D eigenvalue weighted by atomic mass is 16.5. The second-order valence-corrected chi connectivity index (χ2v) is 8.00. The van der Waals surface area contributed by atoms with E-state index in [0.29, 0.717) is 41.1 Å². The van der Waals surface area contributed by atoms with Gasteiger partial charge in [-0.25, -0.2) is 4.79 Å². The number of methoxy groups -OCH3 is 1. The van der Waals surface area contributed by atoms with Crippen LogP contribution in [-0.4, -0.2) is 29.5 Å². The average Bonchev–Trinajstić information content (AvgIpc) is 2.63. The minimum atomic E-state index is -1.15. The van der Waals surface area contributed by atoms with Crippen LogP contribution in [0, 0.1) is 5.41 Å². The number of unbranched alkanes of at least 4 members (excludes halogenated alkanes) is 1. The fourth-order valence-electron chi connectivity index (χ4n) is 3.03. The Morgan fingerprint density at radius 2 is 1.96 bits per heavy atom. The van der Waals surface area contributed by atoms with Gasteiger partial charge < -0.3 is 24.5 Å². The van der Waals surface area contributed by atoms with E-state index in [1.807, 2.05) is 20.8 Å². The van der Waals surface area contributed by atoms with Crippen LogP contribution in [0.15, 0.2) is 23.0 Å². The second-order valence-electron chi connectivity index (χ2n) is 8.00. The number of ether oxygens (including phenoxy) is 2. The third-order valence-corrected chi connectivity index (χ3v) is 4.32. The van der Waals surface area contributed by atoms with Crippen molar-refractivity contribution in [3.63, 3.8) is 0 Å². The molecule has 0 fully saturated rings. The van der Waals surface area contributed by atoms with Crippen molar-refractivity contribution < 1.29 is 19.4 Å². The lowest BCUT2D eigenvalue weighted by Crippen LogP contribution is -2.33. The van der Waals surface area contributed by atoms with Gasteiger partial charge >= 0.3 is 6.09 Å². The van der Waals surface area contributed by atoms with E-state index in [2.05, 4.69) is 12.2 Å². The van der Waals surface area contributed by atoms with Gasteiger partial charge in [0.05, 0.1) is 31.3 Å². The van der Waals surface area contributed by atoms with Crippen molar-refractivity contribution >= 4 is 16.9 Å². The number of nitrogens with zero attached hydrogens (tertiary/aromatic N) is 1. The molecule has 2 rings (SSSR count). The van der Waals surface area contributed by atoms with Crippen LogP contribution >= 0.6 is 0 Å². The van der Waals surface area contributed by atoms with Gasteiger partial charge in [0.1, 0.15) is 11.5 Å². The largest absolute Gasteiger partial charge is 0.497 e. The molecule has 0 unspecified atom stereocenters. The monoisotopic (exact) mass is 390 g/mol. The molecule has 28 heavy (non-hydrogen) atoms. The number of hydrogen-bond acceptors (Lipinski definition) is 4. The van der Waals surface area contributed by atoms with Crippen LogP contribution < -0.4 is 20.3 Å². The van der Waals surface area contributed by atoms with Crippen molar-refractivity contribution in [2.45, 2.75) is 53.6 Å². The molecule has 0 atom stereocenters. The maximum absolute atomic E-state index is 13.3. The first-order valence-electron chi connectivity index (χ1n) is 9.51. The summed E-state index contributed by atoms with van der Waals surface area (Å²) in [5.74, 6) is 1.13. The van der Waals surface area contributed by atoms with Crippen LogP contribution in [0.1, 0.15) is 46.2 Å². The Bertz CT molecular complexity index is 896. The fourth-order valence-corrected chi connectivity index (χ4v) is 3.03. The molecule has 154 valence electrons.